The van der Waals surface area contributed by atoms with E-state index in [1.54, 1.807) is 0 Å². The summed E-state index contributed by atoms with van der Waals surface area (Å²) in [5.41, 5.74) is 8.40. The van der Waals surface area contributed by atoms with E-state index in [2.05, 4.69) is 39.0 Å². The molecular weight excluding hydrogens is 264 g/mol. The standard InChI is InChI=1S/C13H19BrN2/c14-12-6-5-7-13(11(12)10-15)16-8-3-1-2-4-9-16/h5-7H,1-4,8-10,15H2. The van der Waals surface area contributed by atoms with Crippen LogP contribution in [0, 0.1) is 0 Å². The van der Waals surface area contributed by atoms with Gasteiger partial charge in [-0.05, 0) is 25.0 Å². The topological polar surface area (TPSA) is 29.3 Å². The van der Waals surface area contributed by atoms with Gasteiger partial charge >= 0.3 is 0 Å². The SMILES string of the molecule is NCc1c(Br)cccc1N1CCCCCC1. The van der Waals surface area contributed by atoms with E-state index >= 15 is 0 Å². The van der Waals surface area contributed by atoms with Crippen molar-refractivity contribution >= 4 is 21.6 Å². The van der Waals surface area contributed by atoms with E-state index in [-0.39, 0.29) is 0 Å². The lowest BCUT2D eigenvalue weighted by atomic mass is 10.1. The van der Waals surface area contributed by atoms with E-state index in [1.807, 2.05) is 0 Å². The van der Waals surface area contributed by atoms with E-state index in [4.69, 9.17) is 5.73 Å². The second kappa shape index (κ2) is 5.69. The van der Waals surface area contributed by atoms with E-state index in [0.29, 0.717) is 6.54 Å². The van der Waals surface area contributed by atoms with Crippen molar-refractivity contribution in [1.82, 2.24) is 0 Å². The monoisotopic (exact) mass is 282 g/mol. The minimum absolute atomic E-state index is 0.604. The summed E-state index contributed by atoms with van der Waals surface area (Å²) in [6.07, 6.45) is 5.33. The summed E-state index contributed by atoms with van der Waals surface area (Å²) >= 11 is 3.59. The molecule has 88 valence electrons. The van der Waals surface area contributed by atoms with Crippen LogP contribution >= 0.6 is 15.9 Å². The fourth-order valence-electron chi connectivity index (χ4n) is 2.36. The van der Waals surface area contributed by atoms with Crippen LogP contribution < -0.4 is 10.6 Å². The molecule has 1 heterocycles. The molecule has 1 saturated heterocycles. The molecule has 1 aromatic carbocycles. The lowest BCUT2D eigenvalue weighted by molar-refractivity contribution is 0.726. The van der Waals surface area contributed by atoms with Gasteiger partial charge in [0.2, 0.25) is 0 Å². The van der Waals surface area contributed by atoms with Gasteiger partial charge in [-0.2, -0.15) is 0 Å². The van der Waals surface area contributed by atoms with Gasteiger partial charge in [0.05, 0.1) is 0 Å². The maximum absolute atomic E-state index is 5.84. The highest BCUT2D eigenvalue weighted by Crippen LogP contribution is 2.29. The molecule has 0 spiro atoms. The zero-order valence-electron chi connectivity index (χ0n) is 9.58. The highest BCUT2D eigenvalue weighted by atomic mass is 79.9. The van der Waals surface area contributed by atoms with Crippen molar-refractivity contribution in [3.05, 3.63) is 28.2 Å². The fraction of sp³-hybridized carbons (Fsp3) is 0.538. The normalized spacial score (nSPS) is 17.2. The summed E-state index contributed by atoms with van der Waals surface area (Å²) in [6, 6.07) is 6.37. The van der Waals surface area contributed by atoms with Gasteiger partial charge in [-0.15, -0.1) is 0 Å². The Bertz CT molecular complexity index is 344. The quantitative estimate of drug-likeness (QED) is 0.902. The molecule has 2 N–H and O–H groups in total. The van der Waals surface area contributed by atoms with E-state index in [1.165, 1.54) is 50.0 Å². The van der Waals surface area contributed by atoms with Gasteiger partial charge in [-0.25, -0.2) is 0 Å². The van der Waals surface area contributed by atoms with Crippen molar-refractivity contribution in [2.75, 3.05) is 18.0 Å². The molecule has 1 aliphatic heterocycles. The Kier molecular flexibility index (Phi) is 4.24. The van der Waals surface area contributed by atoms with Crippen LogP contribution in [-0.4, -0.2) is 13.1 Å². The predicted molar refractivity (Wildman–Crippen MR) is 72.7 cm³/mol. The Balaban J connectivity index is 2.27. The number of hydrogen-bond acceptors (Lipinski definition) is 2. The highest BCUT2D eigenvalue weighted by molar-refractivity contribution is 9.10. The molecule has 0 unspecified atom stereocenters. The number of halogens is 1. The molecule has 3 heteroatoms. The van der Waals surface area contributed by atoms with Crippen LogP contribution in [0.3, 0.4) is 0 Å². The largest absolute Gasteiger partial charge is 0.371 e. The van der Waals surface area contributed by atoms with E-state index in [0.717, 1.165) is 4.47 Å². The van der Waals surface area contributed by atoms with Crippen LogP contribution in [0.5, 0.6) is 0 Å². The first-order valence-corrected chi connectivity index (χ1v) is 6.84. The van der Waals surface area contributed by atoms with E-state index < -0.39 is 0 Å². The molecule has 1 aliphatic rings. The third kappa shape index (κ3) is 2.58. The van der Waals surface area contributed by atoms with Gasteiger partial charge in [0.25, 0.3) is 0 Å². The minimum Gasteiger partial charge on any atom is -0.371 e. The molecule has 0 aromatic heterocycles. The van der Waals surface area contributed by atoms with Crippen LogP contribution in [0.1, 0.15) is 31.2 Å². The van der Waals surface area contributed by atoms with Gasteiger partial charge in [0.15, 0.2) is 0 Å². The van der Waals surface area contributed by atoms with Crippen molar-refractivity contribution in [1.29, 1.82) is 0 Å². The fourth-order valence-corrected chi connectivity index (χ4v) is 2.87. The molecule has 1 fully saturated rings. The van der Waals surface area contributed by atoms with Crippen LogP contribution in [0.2, 0.25) is 0 Å². The number of anilines is 1. The first kappa shape index (κ1) is 11.9. The molecule has 2 nitrogen and oxygen atoms in total. The van der Waals surface area contributed by atoms with Crippen LogP contribution in [0.4, 0.5) is 5.69 Å². The predicted octanol–water partition coefficient (Wildman–Crippen LogP) is 3.29. The Morgan fingerprint density at radius 1 is 1.12 bits per heavy atom. The summed E-state index contributed by atoms with van der Waals surface area (Å²) in [5, 5.41) is 0. The van der Waals surface area contributed by atoms with Gasteiger partial charge in [-0.1, -0.05) is 34.8 Å². The third-order valence-electron chi connectivity index (χ3n) is 3.25. The maximum Gasteiger partial charge on any atom is 0.0423 e. The second-order valence-electron chi connectivity index (χ2n) is 4.34. The summed E-state index contributed by atoms with van der Waals surface area (Å²) in [6.45, 7) is 2.94. The lowest BCUT2D eigenvalue weighted by Crippen LogP contribution is -2.25. The summed E-state index contributed by atoms with van der Waals surface area (Å²) in [7, 11) is 0. The van der Waals surface area contributed by atoms with Crippen LogP contribution in [0.15, 0.2) is 22.7 Å². The Hall–Kier alpha value is -0.540. The number of hydrogen-bond donors (Lipinski definition) is 1. The summed E-state index contributed by atoms with van der Waals surface area (Å²) in [4.78, 5) is 2.49. The number of rotatable bonds is 2. The van der Waals surface area contributed by atoms with Crippen molar-refractivity contribution in [3.8, 4) is 0 Å². The molecule has 0 aliphatic carbocycles. The first-order valence-electron chi connectivity index (χ1n) is 6.05. The molecule has 2 rings (SSSR count). The molecular formula is C13H19BrN2. The zero-order valence-corrected chi connectivity index (χ0v) is 11.2. The maximum atomic E-state index is 5.84. The van der Waals surface area contributed by atoms with Crippen molar-refractivity contribution in [3.63, 3.8) is 0 Å². The molecule has 0 bridgehead atoms. The molecule has 0 saturated carbocycles. The van der Waals surface area contributed by atoms with E-state index in [9.17, 15) is 0 Å². The number of nitrogens with two attached hydrogens (primary N) is 1. The van der Waals surface area contributed by atoms with Crippen LogP contribution in [0.25, 0.3) is 0 Å². The first-order chi connectivity index (χ1) is 7.83. The number of benzene rings is 1. The average molecular weight is 283 g/mol. The molecule has 16 heavy (non-hydrogen) atoms. The Labute approximate surface area is 106 Å². The van der Waals surface area contributed by atoms with Gasteiger partial charge in [-0.3, -0.25) is 0 Å². The Morgan fingerprint density at radius 2 is 1.81 bits per heavy atom. The van der Waals surface area contributed by atoms with Crippen LogP contribution in [-0.2, 0) is 6.54 Å². The average Bonchev–Trinajstić information content (AvgIpc) is 2.57. The van der Waals surface area contributed by atoms with Crippen molar-refractivity contribution in [2.24, 2.45) is 5.73 Å². The summed E-state index contributed by atoms with van der Waals surface area (Å²) < 4.78 is 1.14. The van der Waals surface area contributed by atoms with Gasteiger partial charge in [0.1, 0.15) is 0 Å². The summed E-state index contributed by atoms with van der Waals surface area (Å²) in [5.74, 6) is 0. The molecule has 0 atom stereocenters. The molecule has 0 amide bonds. The van der Waals surface area contributed by atoms with Crippen molar-refractivity contribution in [2.45, 2.75) is 32.2 Å². The Morgan fingerprint density at radius 3 is 2.44 bits per heavy atom. The zero-order chi connectivity index (χ0) is 11.4. The van der Waals surface area contributed by atoms with Crippen molar-refractivity contribution < 1.29 is 0 Å². The highest BCUT2D eigenvalue weighted by Gasteiger charge is 2.14. The van der Waals surface area contributed by atoms with Gasteiger partial charge < -0.3 is 10.6 Å². The molecule has 1 aromatic rings. The minimum atomic E-state index is 0.604. The smallest absolute Gasteiger partial charge is 0.0423 e. The number of nitrogens with zero attached hydrogens (tertiary/aromatic N) is 1. The molecule has 0 radical (unpaired) electrons. The lowest BCUT2D eigenvalue weighted by Gasteiger charge is -2.25. The third-order valence-corrected chi connectivity index (χ3v) is 3.99. The second-order valence-corrected chi connectivity index (χ2v) is 5.20. The van der Waals surface area contributed by atoms with Gasteiger partial charge in [0, 0.05) is 35.4 Å².